The van der Waals surface area contributed by atoms with Crippen LogP contribution in [-0.2, 0) is 9.59 Å². The summed E-state index contributed by atoms with van der Waals surface area (Å²) < 4.78 is 0. The highest BCUT2D eigenvalue weighted by Gasteiger charge is 2.34. The minimum Gasteiger partial charge on any atom is -0.370 e. The fourth-order valence-corrected chi connectivity index (χ4v) is 11.5. The molecule has 85 heavy (non-hydrogen) atoms. The lowest BCUT2D eigenvalue weighted by Gasteiger charge is -2.29. The van der Waals surface area contributed by atoms with Crippen LogP contribution in [0.3, 0.4) is 0 Å². The molecule has 0 aromatic heterocycles. The molecule has 0 spiro atoms. The molecule has 2 aliphatic heterocycles. The number of carbonyl (C=O) groups is 4. The van der Waals surface area contributed by atoms with E-state index in [4.69, 9.17) is 17.2 Å². The fraction of sp³-hybridized carbons (Fsp3) is 0.282. The van der Waals surface area contributed by atoms with E-state index in [0.29, 0.717) is 89.2 Å². The molecule has 4 atom stereocenters. The Morgan fingerprint density at radius 1 is 0.494 bits per heavy atom. The van der Waals surface area contributed by atoms with Gasteiger partial charge in [0.15, 0.2) is 5.96 Å². The zero-order valence-electron chi connectivity index (χ0n) is 48.4. The first-order valence-corrected chi connectivity index (χ1v) is 29.9. The number of nitrogens with zero attached hydrogens (tertiary/aromatic N) is 3. The van der Waals surface area contributed by atoms with Crippen molar-refractivity contribution in [1.29, 1.82) is 0 Å². The molecule has 4 amide bonds. The number of nitrogens with two attached hydrogens (primary N) is 3. The van der Waals surface area contributed by atoms with Gasteiger partial charge in [0, 0.05) is 80.9 Å². The third kappa shape index (κ3) is 17.3. The molecule has 0 radical (unpaired) electrons. The molecule has 14 nitrogen and oxygen atoms in total. The predicted molar refractivity (Wildman–Crippen MR) is 342 cm³/mol. The SMILES string of the molecule is NC(N)=NCCC[C@@H]1N[C@H](CNC(=O)c2ccc3ccccc3c2)CCN(CC(c2ccccc2)c2ccccc2)C1=O.NCCC[C@@H]1N[C@H](CNC(=O)c2ccc(-c3ccccc3)cc2)CCN(CC(c2ccccc2)c2ccccc2)C1=O. The quantitative estimate of drug-likeness (QED) is 0.0196. The number of rotatable bonds is 22. The average molecular weight is 1140 g/mol. The standard InChI is InChI=1S/C36H40N4O2.C35H40N6O2/c37-23-10-17-34-36(42)40(26-33(29-13-6-2-7-14-29)30-15-8-3-9-16-30)24-22-32(39-34)25-38-35(41)31-20-18-28(19-21-31)27-11-4-1-5-12-27;36-35(37)38-20-9-16-32-34(43)41(24-31(26-11-3-1-4-12-26)27-13-5-2-6-14-27)21-19-30(40-32)23-39-33(42)29-18-17-25-10-7-8-15-28(25)22-29/h1-9,11-16,18-21,32-34,39H,10,17,22-26,37H2,(H,38,41);1-8,10-15,17-18,22,30-32,40H,9,16,19-21,23-24H2,(H,39,42)(H4,36,37,38)/t32-,34-;30-,32-/m00/s1. The van der Waals surface area contributed by atoms with Crippen LogP contribution in [0.15, 0.2) is 223 Å². The highest BCUT2D eigenvalue weighted by Crippen LogP contribution is 2.29. The Morgan fingerprint density at radius 3 is 1.35 bits per heavy atom. The number of hydrogen-bond acceptors (Lipinski definition) is 8. The van der Waals surface area contributed by atoms with Crippen LogP contribution in [0.2, 0.25) is 0 Å². The van der Waals surface area contributed by atoms with Crippen LogP contribution < -0.4 is 38.5 Å². The molecule has 8 aromatic rings. The molecule has 2 saturated heterocycles. The van der Waals surface area contributed by atoms with Crippen molar-refractivity contribution in [2.45, 2.75) is 74.5 Å². The van der Waals surface area contributed by atoms with E-state index >= 15 is 0 Å². The molecule has 2 heterocycles. The Bertz CT molecular complexity index is 3330. The minimum atomic E-state index is -0.411. The second-order valence-corrected chi connectivity index (χ2v) is 22.0. The summed E-state index contributed by atoms with van der Waals surface area (Å²) in [5.41, 5.74) is 25.0. The van der Waals surface area contributed by atoms with Gasteiger partial charge in [-0.3, -0.25) is 24.2 Å². The zero-order chi connectivity index (χ0) is 59.2. The van der Waals surface area contributed by atoms with Crippen molar-refractivity contribution < 1.29 is 19.2 Å². The van der Waals surface area contributed by atoms with E-state index in [9.17, 15) is 19.2 Å². The second-order valence-electron chi connectivity index (χ2n) is 22.0. The van der Waals surface area contributed by atoms with Crippen molar-refractivity contribution in [2.75, 3.05) is 52.4 Å². The summed E-state index contributed by atoms with van der Waals surface area (Å²) in [7, 11) is 0. The first kappa shape index (κ1) is 60.6. The van der Waals surface area contributed by atoms with Crippen molar-refractivity contribution in [3.8, 4) is 11.1 Å². The Balaban J connectivity index is 0.000000204. The molecule has 10 N–H and O–H groups in total. The topological polar surface area (TPSA) is 213 Å². The summed E-state index contributed by atoms with van der Waals surface area (Å²) in [4.78, 5) is 62.1. The molecule has 0 aliphatic carbocycles. The predicted octanol–water partition coefficient (Wildman–Crippen LogP) is 9.23. The first-order chi connectivity index (χ1) is 41.6. The zero-order valence-corrected chi connectivity index (χ0v) is 48.4. The Labute approximate surface area is 500 Å². The second kappa shape index (κ2) is 31.1. The lowest BCUT2D eigenvalue weighted by Crippen LogP contribution is -2.49. The Kier molecular flexibility index (Phi) is 22.2. The summed E-state index contributed by atoms with van der Waals surface area (Å²) in [6, 6.07) is 72.1. The van der Waals surface area contributed by atoms with Gasteiger partial charge in [-0.15, -0.1) is 0 Å². The van der Waals surface area contributed by atoms with Crippen molar-refractivity contribution in [1.82, 2.24) is 31.1 Å². The van der Waals surface area contributed by atoms with E-state index in [0.717, 1.165) is 34.7 Å². The van der Waals surface area contributed by atoms with E-state index in [1.807, 2.05) is 143 Å². The van der Waals surface area contributed by atoms with Gasteiger partial charge in [-0.25, -0.2) is 0 Å². The minimum absolute atomic E-state index is 0.0267. The average Bonchev–Trinajstić information content (AvgIpc) is 4.11. The Morgan fingerprint density at radius 2 is 0.894 bits per heavy atom. The van der Waals surface area contributed by atoms with Crippen molar-refractivity contribution in [3.05, 3.63) is 252 Å². The third-order valence-electron chi connectivity index (χ3n) is 16.1. The summed E-state index contributed by atoms with van der Waals surface area (Å²) in [5.74, 6) is 0.0765. The van der Waals surface area contributed by atoms with E-state index in [2.05, 4.69) is 111 Å². The van der Waals surface area contributed by atoms with Crippen LogP contribution in [0.25, 0.3) is 21.9 Å². The van der Waals surface area contributed by atoms with Gasteiger partial charge in [-0.1, -0.05) is 194 Å². The van der Waals surface area contributed by atoms with Crippen LogP contribution in [0.4, 0.5) is 0 Å². The number of carbonyl (C=O) groups excluding carboxylic acids is 4. The number of guanidine groups is 1. The van der Waals surface area contributed by atoms with E-state index < -0.39 is 6.04 Å². The van der Waals surface area contributed by atoms with Gasteiger partial charge >= 0.3 is 0 Å². The molecular weight excluding hydrogens is 1060 g/mol. The first-order valence-electron chi connectivity index (χ1n) is 29.9. The number of hydrogen-bond donors (Lipinski definition) is 7. The maximum Gasteiger partial charge on any atom is 0.251 e. The van der Waals surface area contributed by atoms with Crippen LogP contribution in [0.5, 0.6) is 0 Å². The molecule has 0 unspecified atom stereocenters. The summed E-state index contributed by atoms with van der Waals surface area (Å²) >= 11 is 0. The summed E-state index contributed by atoms with van der Waals surface area (Å²) in [5, 5.41) is 15.4. The van der Waals surface area contributed by atoms with Gasteiger partial charge in [0.1, 0.15) is 0 Å². The molecule has 14 heteroatoms. The van der Waals surface area contributed by atoms with Gasteiger partial charge in [0.25, 0.3) is 11.8 Å². The van der Waals surface area contributed by atoms with Crippen LogP contribution >= 0.6 is 0 Å². The van der Waals surface area contributed by atoms with Gasteiger partial charge < -0.3 is 48.3 Å². The lowest BCUT2D eigenvalue weighted by atomic mass is 9.90. The molecule has 10 rings (SSSR count). The maximum absolute atomic E-state index is 14.0. The smallest absolute Gasteiger partial charge is 0.251 e. The largest absolute Gasteiger partial charge is 0.370 e. The molecule has 8 aromatic carbocycles. The molecule has 438 valence electrons. The van der Waals surface area contributed by atoms with Gasteiger partial charge in [0.05, 0.1) is 12.1 Å². The normalized spacial score (nSPS) is 17.1. The number of aliphatic imine (C=N–C) groups is 1. The maximum atomic E-state index is 14.0. The van der Waals surface area contributed by atoms with Crippen molar-refractivity contribution in [3.63, 3.8) is 0 Å². The lowest BCUT2D eigenvalue weighted by molar-refractivity contribution is -0.133. The van der Waals surface area contributed by atoms with Crippen LogP contribution in [0.1, 0.15) is 93.3 Å². The summed E-state index contributed by atoms with van der Waals surface area (Å²) in [6.45, 7) is 4.21. The number of fused-ring (bicyclic) bond motifs is 1. The van der Waals surface area contributed by atoms with E-state index in [-0.39, 0.29) is 59.5 Å². The van der Waals surface area contributed by atoms with Crippen molar-refractivity contribution >= 4 is 40.4 Å². The van der Waals surface area contributed by atoms with Crippen molar-refractivity contribution in [2.24, 2.45) is 22.2 Å². The van der Waals surface area contributed by atoms with Crippen LogP contribution in [-0.4, -0.2) is 116 Å². The number of nitrogens with one attached hydrogen (secondary N) is 4. The molecule has 0 saturated carbocycles. The van der Waals surface area contributed by atoms with E-state index in [1.165, 1.54) is 22.3 Å². The molecular formula is C71H80N10O4. The Hall–Kier alpha value is -8.95. The molecule has 2 fully saturated rings. The van der Waals surface area contributed by atoms with E-state index in [1.54, 1.807) is 0 Å². The monoisotopic (exact) mass is 1140 g/mol. The highest BCUT2D eigenvalue weighted by molar-refractivity contribution is 5.98. The number of benzene rings is 8. The highest BCUT2D eigenvalue weighted by atomic mass is 16.2. The van der Waals surface area contributed by atoms with Gasteiger partial charge in [-0.2, -0.15) is 0 Å². The fourth-order valence-electron chi connectivity index (χ4n) is 11.5. The van der Waals surface area contributed by atoms with Gasteiger partial charge in [-0.05, 0) is 113 Å². The third-order valence-corrected chi connectivity index (χ3v) is 16.1. The van der Waals surface area contributed by atoms with Gasteiger partial charge in [0.2, 0.25) is 11.8 Å². The summed E-state index contributed by atoms with van der Waals surface area (Å²) in [6.07, 6.45) is 4.12. The molecule has 2 aliphatic rings. The van der Waals surface area contributed by atoms with Crippen LogP contribution in [0, 0.1) is 0 Å². The number of amides is 4. The molecule has 0 bridgehead atoms.